The maximum absolute atomic E-state index is 5.34. The number of nitrogens with zero attached hydrogens (tertiary/aromatic N) is 2. The van der Waals surface area contributed by atoms with E-state index < -0.39 is 0 Å². The third-order valence-corrected chi connectivity index (χ3v) is 3.97. The molecule has 4 nitrogen and oxygen atoms in total. The van der Waals surface area contributed by atoms with E-state index in [0.717, 1.165) is 35.7 Å². The van der Waals surface area contributed by atoms with Crippen molar-refractivity contribution >= 4 is 15.9 Å². The summed E-state index contributed by atoms with van der Waals surface area (Å²) < 4.78 is 6.43. The van der Waals surface area contributed by atoms with Crippen molar-refractivity contribution in [2.24, 2.45) is 0 Å². The Bertz CT molecular complexity index is 535. The zero-order valence-electron chi connectivity index (χ0n) is 9.90. The van der Waals surface area contributed by atoms with Gasteiger partial charge in [0.15, 0.2) is 5.82 Å². The lowest BCUT2D eigenvalue weighted by Gasteiger charge is -2.00. The highest BCUT2D eigenvalue weighted by Crippen LogP contribution is 2.22. The Morgan fingerprint density at radius 3 is 3.06 bits per heavy atom. The molecule has 1 unspecified atom stereocenters. The summed E-state index contributed by atoms with van der Waals surface area (Å²) in [5.41, 5.74) is 1.18. The van der Waals surface area contributed by atoms with E-state index in [1.54, 1.807) is 0 Å². The van der Waals surface area contributed by atoms with Gasteiger partial charge in [-0.15, -0.1) is 0 Å². The highest BCUT2D eigenvalue weighted by Gasteiger charge is 2.22. The fourth-order valence-corrected chi connectivity index (χ4v) is 2.61. The third-order valence-electron chi connectivity index (χ3n) is 3.20. The summed E-state index contributed by atoms with van der Waals surface area (Å²) in [5, 5.41) is 7.37. The van der Waals surface area contributed by atoms with E-state index in [9.17, 15) is 0 Å². The molecule has 2 heterocycles. The summed E-state index contributed by atoms with van der Waals surface area (Å²) in [6, 6.07) is 8.11. The molecule has 94 valence electrons. The van der Waals surface area contributed by atoms with Gasteiger partial charge < -0.3 is 9.84 Å². The lowest BCUT2D eigenvalue weighted by Crippen LogP contribution is -2.08. The molecule has 0 bridgehead atoms. The molecule has 1 aromatic carbocycles. The number of rotatable bonds is 3. The van der Waals surface area contributed by atoms with Crippen LogP contribution in [0, 0.1) is 0 Å². The molecule has 1 fully saturated rings. The largest absolute Gasteiger partial charge is 0.339 e. The van der Waals surface area contributed by atoms with E-state index in [1.807, 2.05) is 18.2 Å². The van der Waals surface area contributed by atoms with Gasteiger partial charge in [-0.1, -0.05) is 39.3 Å². The van der Waals surface area contributed by atoms with Gasteiger partial charge in [0.1, 0.15) is 0 Å². The highest BCUT2D eigenvalue weighted by atomic mass is 79.9. The van der Waals surface area contributed by atoms with Gasteiger partial charge in [0, 0.05) is 17.4 Å². The Morgan fingerprint density at radius 2 is 2.28 bits per heavy atom. The molecule has 0 radical (unpaired) electrons. The number of aromatic nitrogens is 2. The maximum atomic E-state index is 5.34. The molecule has 1 N–H and O–H groups in total. The normalized spacial score (nSPS) is 19.3. The summed E-state index contributed by atoms with van der Waals surface area (Å²) in [6.07, 6.45) is 1.78. The Labute approximate surface area is 114 Å². The molecule has 0 amide bonds. The first-order valence-electron chi connectivity index (χ1n) is 6.09. The van der Waals surface area contributed by atoms with E-state index in [1.165, 1.54) is 5.56 Å². The SMILES string of the molecule is Brc1ccccc1Cc1noc(C2CCNC2)n1. The van der Waals surface area contributed by atoms with E-state index >= 15 is 0 Å². The number of hydrogen-bond donors (Lipinski definition) is 1. The van der Waals surface area contributed by atoms with E-state index in [-0.39, 0.29) is 0 Å². The standard InChI is InChI=1S/C13H14BrN3O/c14-11-4-2-1-3-9(11)7-12-16-13(18-17-12)10-5-6-15-8-10/h1-4,10,15H,5-8H2. The first-order valence-corrected chi connectivity index (χ1v) is 6.89. The van der Waals surface area contributed by atoms with Crippen LogP contribution in [0.2, 0.25) is 0 Å². The minimum Gasteiger partial charge on any atom is -0.339 e. The molecule has 0 saturated carbocycles. The number of halogens is 1. The second-order valence-corrected chi connectivity index (χ2v) is 5.36. The predicted molar refractivity (Wildman–Crippen MR) is 71.5 cm³/mol. The van der Waals surface area contributed by atoms with Crippen LogP contribution in [0.15, 0.2) is 33.3 Å². The van der Waals surface area contributed by atoms with Crippen LogP contribution in [0.5, 0.6) is 0 Å². The predicted octanol–water partition coefficient (Wildman–Crippen LogP) is 2.50. The Morgan fingerprint density at radius 1 is 1.39 bits per heavy atom. The monoisotopic (exact) mass is 307 g/mol. The van der Waals surface area contributed by atoms with Crippen molar-refractivity contribution in [3.05, 3.63) is 46.0 Å². The molecular formula is C13H14BrN3O. The second-order valence-electron chi connectivity index (χ2n) is 4.51. The van der Waals surface area contributed by atoms with Crippen LogP contribution >= 0.6 is 15.9 Å². The van der Waals surface area contributed by atoms with Crippen molar-refractivity contribution in [3.63, 3.8) is 0 Å². The second kappa shape index (κ2) is 5.20. The first kappa shape index (κ1) is 11.9. The van der Waals surface area contributed by atoms with Gasteiger partial charge in [-0.25, -0.2) is 0 Å². The van der Waals surface area contributed by atoms with Crippen molar-refractivity contribution < 1.29 is 4.52 Å². The molecule has 0 spiro atoms. The minimum absolute atomic E-state index is 0.380. The van der Waals surface area contributed by atoms with Crippen molar-refractivity contribution in [1.29, 1.82) is 0 Å². The summed E-state index contributed by atoms with van der Waals surface area (Å²) >= 11 is 3.53. The van der Waals surface area contributed by atoms with Gasteiger partial charge >= 0.3 is 0 Å². The molecule has 3 rings (SSSR count). The molecule has 5 heteroatoms. The minimum atomic E-state index is 0.380. The van der Waals surface area contributed by atoms with Gasteiger partial charge in [-0.05, 0) is 24.6 Å². The van der Waals surface area contributed by atoms with Crippen molar-refractivity contribution in [1.82, 2.24) is 15.5 Å². The van der Waals surface area contributed by atoms with Crippen LogP contribution in [0.1, 0.15) is 29.6 Å². The zero-order valence-corrected chi connectivity index (χ0v) is 11.5. The van der Waals surface area contributed by atoms with Crippen LogP contribution in [0.4, 0.5) is 0 Å². The first-order chi connectivity index (χ1) is 8.83. The average Bonchev–Trinajstić information content (AvgIpc) is 3.02. The van der Waals surface area contributed by atoms with Crippen LogP contribution in [0.25, 0.3) is 0 Å². The fourth-order valence-electron chi connectivity index (χ4n) is 2.18. The zero-order chi connectivity index (χ0) is 12.4. The molecule has 1 saturated heterocycles. The van der Waals surface area contributed by atoms with Crippen LogP contribution in [-0.2, 0) is 6.42 Å². The van der Waals surface area contributed by atoms with Gasteiger partial charge in [0.25, 0.3) is 0 Å². The van der Waals surface area contributed by atoms with Crippen LogP contribution in [-0.4, -0.2) is 23.2 Å². The summed E-state index contributed by atoms with van der Waals surface area (Å²) in [7, 11) is 0. The van der Waals surface area contributed by atoms with Crippen molar-refractivity contribution in [3.8, 4) is 0 Å². The summed E-state index contributed by atoms with van der Waals surface area (Å²) in [6.45, 7) is 1.98. The lowest BCUT2D eigenvalue weighted by molar-refractivity contribution is 0.355. The summed E-state index contributed by atoms with van der Waals surface area (Å²) in [4.78, 5) is 4.49. The molecule has 18 heavy (non-hydrogen) atoms. The highest BCUT2D eigenvalue weighted by molar-refractivity contribution is 9.10. The summed E-state index contributed by atoms with van der Waals surface area (Å²) in [5.74, 6) is 1.90. The fraction of sp³-hybridized carbons (Fsp3) is 0.385. The molecule has 2 aromatic rings. The van der Waals surface area contributed by atoms with Gasteiger partial charge in [0.2, 0.25) is 5.89 Å². The average molecular weight is 308 g/mol. The Hall–Kier alpha value is -1.20. The Balaban J connectivity index is 1.75. The number of hydrogen-bond acceptors (Lipinski definition) is 4. The quantitative estimate of drug-likeness (QED) is 0.946. The lowest BCUT2D eigenvalue weighted by atomic mass is 10.1. The third kappa shape index (κ3) is 2.47. The van der Waals surface area contributed by atoms with E-state index in [2.05, 4.69) is 37.5 Å². The number of nitrogens with one attached hydrogen (secondary N) is 1. The van der Waals surface area contributed by atoms with Crippen molar-refractivity contribution in [2.45, 2.75) is 18.8 Å². The van der Waals surface area contributed by atoms with Gasteiger partial charge in [0.05, 0.1) is 5.92 Å². The molecule has 1 aliphatic heterocycles. The van der Waals surface area contributed by atoms with E-state index in [4.69, 9.17) is 4.52 Å². The van der Waals surface area contributed by atoms with Gasteiger partial charge in [-0.3, -0.25) is 0 Å². The molecular weight excluding hydrogens is 294 g/mol. The topological polar surface area (TPSA) is 51.0 Å². The molecule has 1 aromatic heterocycles. The number of benzene rings is 1. The Kier molecular flexibility index (Phi) is 3.43. The smallest absolute Gasteiger partial charge is 0.231 e. The van der Waals surface area contributed by atoms with E-state index in [0.29, 0.717) is 12.3 Å². The van der Waals surface area contributed by atoms with Crippen molar-refractivity contribution in [2.75, 3.05) is 13.1 Å². The molecule has 1 aliphatic rings. The van der Waals surface area contributed by atoms with Gasteiger partial charge in [-0.2, -0.15) is 4.98 Å². The van der Waals surface area contributed by atoms with Crippen LogP contribution in [0.3, 0.4) is 0 Å². The maximum Gasteiger partial charge on any atom is 0.231 e. The molecule has 0 aliphatic carbocycles. The van der Waals surface area contributed by atoms with Crippen LogP contribution < -0.4 is 5.32 Å². The molecule has 1 atom stereocenters.